The first-order chi connectivity index (χ1) is 9.16. The van der Waals surface area contributed by atoms with Gasteiger partial charge in [0, 0.05) is 12.6 Å². The van der Waals surface area contributed by atoms with Crippen LogP contribution in [0.3, 0.4) is 0 Å². The van der Waals surface area contributed by atoms with Crippen molar-refractivity contribution in [3.05, 3.63) is 0 Å². The van der Waals surface area contributed by atoms with Gasteiger partial charge < -0.3 is 14.4 Å². The first kappa shape index (κ1) is 13.4. The highest BCUT2D eigenvalue weighted by molar-refractivity contribution is 5.72. The molecule has 2 aliphatic heterocycles. The lowest BCUT2D eigenvalue weighted by Crippen LogP contribution is -2.39. The zero-order valence-electron chi connectivity index (χ0n) is 11.9. The SMILES string of the molecule is C[C@@]1(COC(=O)C2CCN(C3CC3)CC2)CCCO1. The van der Waals surface area contributed by atoms with Crippen LogP contribution in [0.4, 0.5) is 0 Å². The largest absolute Gasteiger partial charge is 0.462 e. The van der Waals surface area contributed by atoms with Crippen LogP contribution in [0, 0.1) is 5.92 Å². The zero-order valence-corrected chi connectivity index (χ0v) is 11.9. The molecule has 1 aliphatic carbocycles. The van der Waals surface area contributed by atoms with E-state index >= 15 is 0 Å². The van der Waals surface area contributed by atoms with Crippen LogP contribution in [0.2, 0.25) is 0 Å². The van der Waals surface area contributed by atoms with Gasteiger partial charge in [0.05, 0.1) is 11.5 Å². The second kappa shape index (κ2) is 5.41. The van der Waals surface area contributed by atoms with Gasteiger partial charge in [0.25, 0.3) is 0 Å². The Morgan fingerprint density at radius 1 is 1.32 bits per heavy atom. The van der Waals surface area contributed by atoms with Crippen molar-refractivity contribution in [2.45, 2.75) is 57.1 Å². The van der Waals surface area contributed by atoms with Crippen LogP contribution < -0.4 is 0 Å². The molecule has 2 saturated heterocycles. The van der Waals surface area contributed by atoms with Crippen molar-refractivity contribution in [2.75, 3.05) is 26.3 Å². The summed E-state index contributed by atoms with van der Waals surface area (Å²) in [5.41, 5.74) is -0.232. The van der Waals surface area contributed by atoms with Gasteiger partial charge in [0.2, 0.25) is 0 Å². The van der Waals surface area contributed by atoms with E-state index in [0.717, 1.165) is 51.4 Å². The van der Waals surface area contributed by atoms with Crippen molar-refractivity contribution in [2.24, 2.45) is 5.92 Å². The number of rotatable bonds is 4. The van der Waals surface area contributed by atoms with E-state index in [1.807, 2.05) is 6.92 Å². The molecular weight excluding hydrogens is 242 g/mol. The highest BCUT2D eigenvalue weighted by atomic mass is 16.6. The number of carbonyl (C=O) groups excluding carboxylic acids is 1. The van der Waals surface area contributed by atoms with E-state index in [9.17, 15) is 4.79 Å². The Morgan fingerprint density at radius 3 is 2.63 bits per heavy atom. The number of hydrogen-bond acceptors (Lipinski definition) is 4. The summed E-state index contributed by atoms with van der Waals surface area (Å²) in [6.45, 7) is 5.40. The Morgan fingerprint density at radius 2 is 2.05 bits per heavy atom. The van der Waals surface area contributed by atoms with Crippen molar-refractivity contribution in [1.82, 2.24) is 4.90 Å². The smallest absolute Gasteiger partial charge is 0.309 e. The molecule has 0 radical (unpaired) electrons. The molecular formula is C15H25NO3. The first-order valence-electron chi connectivity index (χ1n) is 7.71. The molecule has 0 bridgehead atoms. The van der Waals surface area contributed by atoms with Crippen LogP contribution in [-0.4, -0.2) is 48.8 Å². The Hall–Kier alpha value is -0.610. The fourth-order valence-electron chi connectivity index (χ4n) is 3.23. The van der Waals surface area contributed by atoms with Crippen molar-refractivity contribution in [1.29, 1.82) is 0 Å². The molecule has 0 spiro atoms. The lowest BCUT2D eigenvalue weighted by atomic mass is 9.96. The standard InChI is InChI=1S/C15H25NO3/c1-15(7-2-10-19-15)11-18-14(17)12-5-8-16(9-6-12)13-3-4-13/h12-13H,2-11H2,1H3/t15-/m0/s1. The molecule has 1 saturated carbocycles. The van der Waals surface area contributed by atoms with Gasteiger partial charge in [0.15, 0.2) is 0 Å². The van der Waals surface area contributed by atoms with Crippen LogP contribution in [-0.2, 0) is 14.3 Å². The van der Waals surface area contributed by atoms with Crippen LogP contribution in [0.25, 0.3) is 0 Å². The van der Waals surface area contributed by atoms with Crippen molar-refractivity contribution < 1.29 is 14.3 Å². The van der Waals surface area contributed by atoms with Gasteiger partial charge in [-0.15, -0.1) is 0 Å². The molecule has 4 nitrogen and oxygen atoms in total. The van der Waals surface area contributed by atoms with Crippen molar-refractivity contribution in [3.63, 3.8) is 0 Å². The third-order valence-electron chi connectivity index (χ3n) is 4.75. The summed E-state index contributed by atoms with van der Waals surface area (Å²) in [7, 11) is 0. The Bertz CT molecular complexity index is 326. The van der Waals surface area contributed by atoms with Gasteiger partial charge in [-0.05, 0) is 58.5 Å². The normalized spacial score (nSPS) is 33.5. The van der Waals surface area contributed by atoms with Crippen LogP contribution in [0.1, 0.15) is 45.4 Å². The van der Waals surface area contributed by atoms with Crippen LogP contribution in [0.5, 0.6) is 0 Å². The molecule has 0 aromatic rings. The van der Waals surface area contributed by atoms with Crippen molar-refractivity contribution >= 4 is 5.97 Å². The number of hydrogen-bond donors (Lipinski definition) is 0. The summed E-state index contributed by atoms with van der Waals surface area (Å²) < 4.78 is 11.1. The van der Waals surface area contributed by atoms with E-state index in [-0.39, 0.29) is 17.5 Å². The molecule has 0 aromatic carbocycles. The summed E-state index contributed by atoms with van der Waals surface area (Å²) >= 11 is 0. The monoisotopic (exact) mass is 267 g/mol. The average molecular weight is 267 g/mol. The molecule has 3 aliphatic rings. The summed E-state index contributed by atoms with van der Waals surface area (Å²) in [6, 6.07) is 0.822. The number of piperidine rings is 1. The zero-order chi connectivity index (χ0) is 13.3. The lowest BCUT2D eigenvalue weighted by molar-refractivity contribution is -0.157. The highest BCUT2D eigenvalue weighted by Crippen LogP contribution is 2.31. The van der Waals surface area contributed by atoms with Gasteiger partial charge in [-0.3, -0.25) is 4.79 Å². The third-order valence-corrected chi connectivity index (χ3v) is 4.75. The summed E-state index contributed by atoms with van der Waals surface area (Å²) in [4.78, 5) is 14.6. The van der Waals surface area contributed by atoms with Gasteiger partial charge in [-0.2, -0.15) is 0 Å². The number of ether oxygens (including phenoxy) is 2. The summed E-state index contributed by atoms with van der Waals surface area (Å²) in [6.07, 6.45) is 6.71. The second-order valence-electron chi connectivity index (χ2n) is 6.55. The fraction of sp³-hybridized carbons (Fsp3) is 0.933. The number of carbonyl (C=O) groups is 1. The lowest BCUT2D eigenvalue weighted by Gasteiger charge is -2.31. The van der Waals surface area contributed by atoms with Gasteiger partial charge >= 0.3 is 5.97 Å². The maximum absolute atomic E-state index is 12.1. The molecule has 0 amide bonds. The molecule has 3 fully saturated rings. The number of nitrogens with zero attached hydrogens (tertiary/aromatic N) is 1. The molecule has 3 rings (SSSR count). The molecule has 19 heavy (non-hydrogen) atoms. The van der Waals surface area contributed by atoms with Gasteiger partial charge in [-0.25, -0.2) is 0 Å². The predicted molar refractivity (Wildman–Crippen MR) is 71.9 cm³/mol. The molecule has 4 heteroatoms. The molecule has 0 unspecified atom stereocenters. The predicted octanol–water partition coefficient (Wildman–Crippen LogP) is 1.97. The van der Waals surface area contributed by atoms with Crippen LogP contribution >= 0.6 is 0 Å². The molecule has 2 heterocycles. The minimum Gasteiger partial charge on any atom is -0.462 e. The average Bonchev–Trinajstić information content (AvgIpc) is 3.19. The molecule has 108 valence electrons. The Balaban J connectivity index is 1.40. The molecule has 0 aromatic heterocycles. The van der Waals surface area contributed by atoms with E-state index < -0.39 is 0 Å². The van der Waals surface area contributed by atoms with E-state index in [1.54, 1.807) is 0 Å². The quantitative estimate of drug-likeness (QED) is 0.730. The van der Waals surface area contributed by atoms with E-state index in [0.29, 0.717) is 6.61 Å². The maximum Gasteiger partial charge on any atom is 0.309 e. The van der Waals surface area contributed by atoms with Crippen LogP contribution in [0.15, 0.2) is 0 Å². The Kier molecular flexibility index (Phi) is 3.81. The minimum absolute atomic E-state index is 0.00725. The first-order valence-corrected chi connectivity index (χ1v) is 7.71. The van der Waals surface area contributed by atoms with Crippen molar-refractivity contribution in [3.8, 4) is 0 Å². The maximum atomic E-state index is 12.1. The van der Waals surface area contributed by atoms with E-state index in [1.165, 1.54) is 12.8 Å². The number of likely N-dealkylation sites (tertiary alicyclic amines) is 1. The second-order valence-corrected chi connectivity index (χ2v) is 6.55. The third kappa shape index (κ3) is 3.29. The summed E-state index contributed by atoms with van der Waals surface area (Å²) in [5.74, 6) is 0.104. The van der Waals surface area contributed by atoms with E-state index in [4.69, 9.17) is 9.47 Å². The van der Waals surface area contributed by atoms with Gasteiger partial charge in [-0.1, -0.05) is 0 Å². The Labute approximate surface area is 115 Å². The highest BCUT2D eigenvalue weighted by Gasteiger charge is 2.36. The molecule has 0 N–H and O–H groups in total. The fourth-order valence-corrected chi connectivity index (χ4v) is 3.23. The summed E-state index contributed by atoms with van der Waals surface area (Å²) in [5, 5.41) is 0. The van der Waals surface area contributed by atoms with E-state index in [2.05, 4.69) is 4.90 Å². The topological polar surface area (TPSA) is 38.8 Å². The number of esters is 1. The van der Waals surface area contributed by atoms with Gasteiger partial charge in [0.1, 0.15) is 6.61 Å². The molecule has 1 atom stereocenters. The minimum atomic E-state index is -0.232.